The summed E-state index contributed by atoms with van der Waals surface area (Å²) in [7, 11) is 0. The van der Waals surface area contributed by atoms with Crippen LogP contribution in [0.3, 0.4) is 0 Å². The lowest BCUT2D eigenvalue weighted by atomic mass is 10.2. The van der Waals surface area contributed by atoms with Crippen LogP contribution in [0.2, 0.25) is 0 Å². The molecule has 0 fully saturated rings. The van der Waals surface area contributed by atoms with E-state index in [1.54, 1.807) is 6.26 Å². The lowest BCUT2D eigenvalue weighted by Gasteiger charge is -2.19. The van der Waals surface area contributed by atoms with Gasteiger partial charge in [-0.25, -0.2) is 4.79 Å². The summed E-state index contributed by atoms with van der Waals surface area (Å²) in [4.78, 5) is 11.3. The number of unbranched alkanes of at least 4 members (excludes halogenated alkanes) is 1. The van der Waals surface area contributed by atoms with Crippen molar-refractivity contribution in [1.29, 1.82) is 0 Å². The second-order valence-electron chi connectivity index (χ2n) is 5.48. The highest BCUT2D eigenvalue weighted by molar-refractivity contribution is 5.67. The summed E-state index contributed by atoms with van der Waals surface area (Å²) in [5, 5.41) is 2.74. The van der Waals surface area contributed by atoms with Crippen LogP contribution in [0.4, 0.5) is 4.79 Å². The fourth-order valence-corrected chi connectivity index (χ4v) is 1.55. The van der Waals surface area contributed by atoms with Gasteiger partial charge in [-0.05, 0) is 52.2 Å². The van der Waals surface area contributed by atoms with Gasteiger partial charge in [-0.2, -0.15) is 0 Å². The largest absolute Gasteiger partial charge is 0.469 e. The summed E-state index contributed by atoms with van der Waals surface area (Å²) in [6.07, 6.45) is 4.22. The Morgan fingerprint density at radius 3 is 2.67 bits per heavy atom. The zero-order valence-corrected chi connectivity index (χ0v) is 11.7. The molecule has 0 spiro atoms. The van der Waals surface area contributed by atoms with E-state index in [1.807, 2.05) is 33.8 Å². The van der Waals surface area contributed by atoms with Crippen LogP contribution in [0.25, 0.3) is 0 Å². The van der Waals surface area contributed by atoms with E-state index >= 15 is 0 Å². The molecule has 0 saturated heterocycles. The number of hydrogen-bond acceptors (Lipinski definition) is 3. The maximum absolute atomic E-state index is 11.3. The normalized spacial score (nSPS) is 11.3. The Kier molecular flexibility index (Phi) is 5.25. The maximum atomic E-state index is 11.3. The van der Waals surface area contributed by atoms with Crippen LogP contribution in [-0.2, 0) is 11.2 Å². The quantitative estimate of drug-likeness (QED) is 0.818. The summed E-state index contributed by atoms with van der Waals surface area (Å²) in [5.74, 6) is 1.00. The topological polar surface area (TPSA) is 51.5 Å². The van der Waals surface area contributed by atoms with E-state index in [4.69, 9.17) is 9.15 Å². The van der Waals surface area contributed by atoms with E-state index in [0.29, 0.717) is 6.54 Å². The number of rotatable bonds is 5. The maximum Gasteiger partial charge on any atom is 0.407 e. The molecule has 0 aliphatic rings. The average Bonchev–Trinajstić information content (AvgIpc) is 2.61. The van der Waals surface area contributed by atoms with Gasteiger partial charge in [0, 0.05) is 13.0 Å². The summed E-state index contributed by atoms with van der Waals surface area (Å²) >= 11 is 0. The summed E-state index contributed by atoms with van der Waals surface area (Å²) in [5.41, 5.74) is 0.715. The minimum absolute atomic E-state index is 0.351. The van der Waals surface area contributed by atoms with Gasteiger partial charge in [0.05, 0.1) is 6.26 Å². The predicted octanol–water partition coefficient (Wildman–Crippen LogP) is 3.44. The minimum atomic E-state index is -0.435. The van der Waals surface area contributed by atoms with E-state index in [-0.39, 0.29) is 6.09 Å². The number of hydrogen-bond donors (Lipinski definition) is 1. The Bertz CT molecular complexity index is 377. The first kappa shape index (κ1) is 14.6. The summed E-state index contributed by atoms with van der Waals surface area (Å²) in [6, 6.07) is 2.04. The molecule has 0 atom stereocenters. The average molecular weight is 253 g/mol. The van der Waals surface area contributed by atoms with Crippen molar-refractivity contribution in [2.45, 2.75) is 52.6 Å². The third kappa shape index (κ3) is 6.33. The van der Waals surface area contributed by atoms with E-state index in [1.165, 1.54) is 0 Å². The van der Waals surface area contributed by atoms with Crippen LogP contribution in [-0.4, -0.2) is 18.2 Å². The van der Waals surface area contributed by atoms with Gasteiger partial charge < -0.3 is 14.5 Å². The van der Waals surface area contributed by atoms with Gasteiger partial charge in [0.1, 0.15) is 11.4 Å². The smallest absolute Gasteiger partial charge is 0.407 e. The van der Waals surface area contributed by atoms with Gasteiger partial charge >= 0.3 is 6.09 Å². The third-order valence-corrected chi connectivity index (χ3v) is 2.30. The molecule has 0 aliphatic heterocycles. The van der Waals surface area contributed by atoms with Gasteiger partial charge in [0.25, 0.3) is 0 Å². The van der Waals surface area contributed by atoms with Crippen molar-refractivity contribution in [1.82, 2.24) is 5.32 Å². The molecule has 4 nitrogen and oxygen atoms in total. The SMILES string of the molecule is Cc1coc(CCCCNC(=O)OC(C)(C)C)c1. The van der Waals surface area contributed by atoms with Crippen LogP contribution in [0.5, 0.6) is 0 Å². The van der Waals surface area contributed by atoms with Crippen LogP contribution in [0.1, 0.15) is 44.9 Å². The van der Waals surface area contributed by atoms with Crippen molar-refractivity contribution >= 4 is 6.09 Å². The lowest BCUT2D eigenvalue weighted by Crippen LogP contribution is -2.33. The standard InChI is InChI=1S/C14H23NO3/c1-11-9-12(17-10-11)7-5-6-8-15-13(16)18-14(2,3)4/h9-10H,5-8H2,1-4H3,(H,15,16). The highest BCUT2D eigenvalue weighted by Gasteiger charge is 2.15. The molecule has 18 heavy (non-hydrogen) atoms. The van der Waals surface area contributed by atoms with Gasteiger partial charge in [-0.1, -0.05) is 0 Å². The molecule has 0 aromatic carbocycles. The Labute approximate surface area is 109 Å². The Morgan fingerprint density at radius 2 is 2.11 bits per heavy atom. The molecule has 0 bridgehead atoms. The number of furan rings is 1. The van der Waals surface area contributed by atoms with Crippen molar-refractivity contribution in [3.8, 4) is 0 Å². The van der Waals surface area contributed by atoms with Gasteiger partial charge in [-0.3, -0.25) is 0 Å². The molecule has 4 heteroatoms. The molecular weight excluding hydrogens is 230 g/mol. The van der Waals surface area contributed by atoms with Gasteiger partial charge in [0.2, 0.25) is 0 Å². The first-order valence-corrected chi connectivity index (χ1v) is 6.38. The first-order chi connectivity index (χ1) is 8.37. The zero-order valence-electron chi connectivity index (χ0n) is 11.7. The molecule has 0 saturated carbocycles. The fraction of sp³-hybridized carbons (Fsp3) is 0.643. The minimum Gasteiger partial charge on any atom is -0.469 e. The number of carbonyl (C=O) groups excluding carboxylic acids is 1. The van der Waals surface area contributed by atoms with E-state index in [9.17, 15) is 4.79 Å². The summed E-state index contributed by atoms with van der Waals surface area (Å²) in [6.45, 7) is 8.20. The van der Waals surface area contributed by atoms with E-state index < -0.39 is 5.60 Å². The van der Waals surface area contributed by atoms with Crippen molar-refractivity contribution in [3.63, 3.8) is 0 Å². The molecule has 0 aliphatic carbocycles. The second-order valence-corrected chi connectivity index (χ2v) is 5.48. The van der Waals surface area contributed by atoms with Crippen LogP contribution in [0, 0.1) is 6.92 Å². The van der Waals surface area contributed by atoms with Crippen LogP contribution in [0.15, 0.2) is 16.7 Å². The van der Waals surface area contributed by atoms with E-state index in [0.717, 1.165) is 30.6 Å². The predicted molar refractivity (Wildman–Crippen MR) is 70.6 cm³/mol. The van der Waals surface area contributed by atoms with Gasteiger partial charge in [-0.15, -0.1) is 0 Å². The van der Waals surface area contributed by atoms with Crippen LogP contribution >= 0.6 is 0 Å². The van der Waals surface area contributed by atoms with Crippen molar-refractivity contribution in [3.05, 3.63) is 23.7 Å². The number of carbonyl (C=O) groups is 1. The second kappa shape index (κ2) is 6.47. The Balaban J connectivity index is 2.07. The number of alkyl carbamates (subject to hydrolysis) is 1. The van der Waals surface area contributed by atoms with Crippen LogP contribution < -0.4 is 5.32 Å². The molecule has 1 N–H and O–H groups in total. The lowest BCUT2D eigenvalue weighted by molar-refractivity contribution is 0.0527. The van der Waals surface area contributed by atoms with Crippen molar-refractivity contribution in [2.24, 2.45) is 0 Å². The molecule has 1 rings (SSSR count). The fourth-order valence-electron chi connectivity index (χ4n) is 1.55. The molecule has 0 unspecified atom stereocenters. The molecule has 102 valence electrons. The summed E-state index contributed by atoms with van der Waals surface area (Å²) < 4.78 is 10.5. The zero-order chi connectivity index (χ0) is 13.6. The van der Waals surface area contributed by atoms with Crippen molar-refractivity contribution in [2.75, 3.05) is 6.54 Å². The highest BCUT2D eigenvalue weighted by atomic mass is 16.6. The molecule has 1 heterocycles. The Morgan fingerprint density at radius 1 is 1.39 bits per heavy atom. The molecule has 0 radical (unpaired) electrons. The molecule has 1 aromatic heterocycles. The molecule has 1 aromatic rings. The highest BCUT2D eigenvalue weighted by Crippen LogP contribution is 2.09. The molecule has 1 amide bonds. The van der Waals surface area contributed by atoms with Crippen molar-refractivity contribution < 1.29 is 13.9 Å². The number of amides is 1. The Hall–Kier alpha value is -1.45. The van der Waals surface area contributed by atoms with Gasteiger partial charge in [0.15, 0.2) is 0 Å². The first-order valence-electron chi connectivity index (χ1n) is 6.38. The number of aryl methyl sites for hydroxylation is 2. The number of ether oxygens (including phenoxy) is 1. The monoisotopic (exact) mass is 253 g/mol. The number of nitrogens with one attached hydrogen (secondary N) is 1. The van der Waals surface area contributed by atoms with E-state index in [2.05, 4.69) is 5.32 Å². The third-order valence-electron chi connectivity index (χ3n) is 2.30. The molecular formula is C14H23NO3.